The van der Waals surface area contributed by atoms with Gasteiger partial charge < -0.3 is 9.88 Å². The van der Waals surface area contributed by atoms with Gasteiger partial charge in [0.2, 0.25) is 7.28 Å². The number of thiophene rings is 2. The van der Waals surface area contributed by atoms with E-state index in [9.17, 15) is 0 Å². The van der Waals surface area contributed by atoms with Crippen molar-refractivity contribution >= 4 is 104 Å². The van der Waals surface area contributed by atoms with Crippen LogP contribution in [0.3, 0.4) is 0 Å². The molecule has 5 heteroatoms. The van der Waals surface area contributed by atoms with Crippen molar-refractivity contribution in [3.8, 4) is 27.9 Å². The Bertz CT molecular complexity index is 4530. The van der Waals surface area contributed by atoms with E-state index in [0.717, 1.165) is 24.2 Å². The van der Waals surface area contributed by atoms with E-state index in [-0.39, 0.29) is 33.0 Å². The molecule has 1 aliphatic carbocycles. The Morgan fingerprint density at radius 3 is 1.71 bits per heavy atom. The monoisotopic (exact) mass is 1120 g/mol. The first-order valence-corrected chi connectivity index (χ1v) is 31.8. The number of hydrogen-bond acceptors (Lipinski definition) is 3. The average molecular weight is 1120 g/mol. The first-order chi connectivity index (χ1) is 39.4. The van der Waals surface area contributed by atoms with Gasteiger partial charge in [0.1, 0.15) is 0 Å². The fraction of sp³-hybridized carbons (Fsp3) is 0.282. The van der Waals surface area contributed by atoms with E-state index >= 15 is 0 Å². The van der Waals surface area contributed by atoms with Crippen molar-refractivity contribution in [2.24, 2.45) is 0 Å². The number of nitrogens with one attached hydrogen (secondary N) is 1. The topological polar surface area (TPSA) is 17.0 Å². The normalized spacial score (nSPS) is 14.1. The molecule has 0 atom stereocenters. The summed E-state index contributed by atoms with van der Waals surface area (Å²) in [5.41, 5.74) is 24.9. The van der Waals surface area contributed by atoms with Crippen LogP contribution in [0.4, 0.5) is 11.4 Å². The highest BCUT2D eigenvalue weighted by molar-refractivity contribution is 7.29. The lowest BCUT2D eigenvalue weighted by molar-refractivity contribution is 0.588. The van der Waals surface area contributed by atoms with Crippen LogP contribution in [0.5, 0.6) is 0 Å². The number of benzene rings is 9. The van der Waals surface area contributed by atoms with Crippen LogP contribution in [-0.4, -0.2) is 11.8 Å². The molecule has 0 saturated heterocycles. The molecule has 0 saturated carbocycles. The quantitative estimate of drug-likeness (QED) is 0.150. The number of nitrogens with zero attached hydrogens (tertiary/aromatic N) is 1. The highest BCUT2D eigenvalue weighted by Crippen LogP contribution is 2.53. The molecule has 14 rings (SSSR count). The molecule has 0 bridgehead atoms. The molecule has 4 heterocycles. The maximum atomic E-state index is 4.07. The van der Waals surface area contributed by atoms with Gasteiger partial charge in [0, 0.05) is 74.8 Å². The number of anilines is 2. The van der Waals surface area contributed by atoms with E-state index in [1.807, 2.05) is 22.7 Å². The third-order valence-electron chi connectivity index (χ3n) is 18.8. The van der Waals surface area contributed by atoms with Crippen LogP contribution < -0.4 is 15.6 Å². The van der Waals surface area contributed by atoms with Gasteiger partial charge in [-0.15, -0.1) is 22.7 Å². The summed E-state index contributed by atoms with van der Waals surface area (Å²) in [4.78, 5) is 0. The molecule has 1 aliphatic heterocycles. The minimum Gasteiger partial charge on any atom is -0.355 e. The summed E-state index contributed by atoms with van der Waals surface area (Å²) < 4.78 is 7.95. The van der Waals surface area contributed by atoms with Crippen LogP contribution in [0.25, 0.3) is 80.0 Å². The van der Waals surface area contributed by atoms with E-state index in [1.165, 1.54) is 140 Å². The molecule has 0 amide bonds. The van der Waals surface area contributed by atoms with Crippen LogP contribution in [0.2, 0.25) is 0 Å². The smallest absolute Gasteiger partial charge is 0.211 e. The van der Waals surface area contributed by atoms with Crippen LogP contribution >= 0.6 is 22.7 Å². The SMILES string of the molecule is CC(C)(C)c1ccc(Nc2cc3c(cc2-c2ccc4c5cc6c(cc5n5c4c2[B]c2sc4ccc(C(C)(C)C)cc4c2-5)sc2ccccc26)C(C)(C)c2cc(CCC(c4ccc(C(C)(C)C)cc4)c4ccc(C(C)(C)C)cc4)ccc2-3)cc1. The molecule has 2 nitrogen and oxygen atoms in total. The molecule has 2 aliphatic rings. The number of rotatable bonds is 8. The standard InChI is InChI=1S/C78H76BN2S2/c1-74(2,3)48-25-21-46(22-26-48)53(47-23-27-49(28-24-47)75(4,5)6)34-19-45-20-35-54-58-43-65(80-52-32-29-50(30-33-52)76(7,8)9)59(42-64(58)78(13,14)63(54)39-45)56-36-37-57-60-41-61-55-17-15-16-18-67(55)82-69(61)44-66(60)81-71(57)70(56)79-73-72(81)62-40-51(77(10,11)12)31-38-68(62)83-73/h15-18,20-33,35-44,53,80H,19,34H2,1-14H3. The maximum absolute atomic E-state index is 4.07. The Labute approximate surface area is 500 Å². The van der Waals surface area contributed by atoms with Crippen LogP contribution in [0.1, 0.15) is 159 Å². The third kappa shape index (κ3) is 9.01. The molecular weight excluding hydrogens is 1040 g/mol. The number of aromatic nitrogens is 1. The number of fused-ring (bicyclic) bond motifs is 13. The number of hydrogen-bond donors (Lipinski definition) is 1. The second-order valence-electron chi connectivity index (χ2n) is 28.9. The summed E-state index contributed by atoms with van der Waals surface area (Å²) in [5, 5.41) is 10.7. The Balaban J connectivity index is 0.918. The molecular formula is C78H76BN2S2. The first kappa shape index (κ1) is 53.8. The summed E-state index contributed by atoms with van der Waals surface area (Å²) in [6.45, 7) is 32.6. The zero-order chi connectivity index (χ0) is 57.9. The summed E-state index contributed by atoms with van der Waals surface area (Å²) in [5.74, 6) is 0.278. The minimum atomic E-state index is -0.245. The van der Waals surface area contributed by atoms with E-state index < -0.39 is 0 Å². The van der Waals surface area contributed by atoms with E-state index in [0.29, 0.717) is 0 Å². The Hall–Kier alpha value is -7.18. The maximum Gasteiger partial charge on any atom is 0.211 e. The summed E-state index contributed by atoms with van der Waals surface area (Å²) in [7, 11) is 2.54. The van der Waals surface area contributed by atoms with Gasteiger partial charge in [0.15, 0.2) is 0 Å². The van der Waals surface area contributed by atoms with Crippen molar-refractivity contribution in [2.45, 2.75) is 143 Å². The lowest BCUT2D eigenvalue weighted by Gasteiger charge is -2.26. The van der Waals surface area contributed by atoms with Gasteiger partial charge in [-0.1, -0.05) is 212 Å². The molecule has 1 radical (unpaired) electrons. The van der Waals surface area contributed by atoms with Gasteiger partial charge >= 0.3 is 0 Å². The number of aryl methyl sites for hydroxylation is 1. The van der Waals surface area contributed by atoms with E-state index in [1.54, 1.807) is 0 Å². The first-order valence-electron chi connectivity index (χ1n) is 30.1. The molecule has 12 aromatic rings. The largest absolute Gasteiger partial charge is 0.355 e. The third-order valence-corrected chi connectivity index (χ3v) is 21.0. The highest BCUT2D eigenvalue weighted by Gasteiger charge is 2.38. The van der Waals surface area contributed by atoms with Gasteiger partial charge in [-0.25, -0.2) is 0 Å². The van der Waals surface area contributed by atoms with E-state index in [2.05, 4.69) is 284 Å². The molecule has 0 unspecified atom stereocenters. The van der Waals surface area contributed by atoms with Gasteiger partial charge in [-0.3, -0.25) is 0 Å². The van der Waals surface area contributed by atoms with Crippen molar-refractivity contribution in [1.82, 2.24) is 4.57 Å². The van der Waals surface area contributed by atoms with Crippen LogP contribution in [0, 0.1) is 0 Å². The summed E-state index contributed by atoms with van der Waals surface area (Å²) in [6.07, 6.45) is 2.00. The predicted octanol–water partition coefficient (Wildman–Crippen LogP) is 21.0. The molecule has 0 fully saturated rings. The fourth-order valence-electron chi connectivity index (χ4n) is 13.8. The molecule has 0 spiro atoms. The molecule has 3 aromatic heterocycles. The van der Waals surface area contributed by atoms with Crippen molar-refractivity contribution in [1.29, 1.82) is 0 Å². The van der Waals surface area contributed by atoms with Gasteiger partial charge in [-0.05, 0) is 166 Å². The van der Waals surface area contributed by atoms with E-state index in [4.69, 9.17) is 0 Å². The lowest BCUT2D eigenvalue weighted by Crippen LogP contribution is -2.35. The van der Waals surface area contributed by atoms with Crippen molar-refractivity contribution in [3.63, 3.8) is 0 Å². The zero-order valence-corrected chi connectivity index (χ0v) is 52.6. The highest BCUT2D eigenvalue weighted by atomic mass is 32.1. The van der Waals surface area contributed by atoms with Crippen LogP contribution in [0.15, 0.2) is 170 Å². The molecule has 1 N–H and O–H groups in total. The van der Waals surface area contributed by atoms with Gasteiger partial charge in [0.05, 0.1) is 11.2 Å². The lowest BCUT2D eigenvalue weighted by atomic mass is 9.63. The Morgan fingerprint density at radius 2 is 1.06 bits per heavy atom. The van der Waals surface area contributed by atoms with Crippen molar-refractivity contribution in [2.75, 3.05) is 5.32 Å². The zero-order valence-electron chi connectivity index (χ0n) is 51.0. The van der Waals surface area contributed by atoms with Gasteiger partial charge in [-0.2, -0.15) is 0 Å². The molecule has 9 aromatic carbocycles. The summed E-state index contributed by atoms with van der Waals surface area (Å²) in [6, 6.07) is 66.6. The average Bonchev–Trinajstić information content (AvgIpc) is 2.83. The van der Waals surface area contributed by atoms with Crippen LogP contribution in [-0.2, 0) is 33.5 Å². The second kappa shape index (κ2) is 18.9. The van der Waals surface area contributed by atoms with Gasteiger partial charge in [0.25, 0.3) is 0 Å². The fourth-order valence-corrected chi connectivity index (χ4v) is 16.0. The summed E-state index contributed by atoms with van der Waals surface area (Å²) >= 11 is 3.84. The Morgan fingerprint density at radius 1 is 0.470 bits per heavy atom. The molecule has 83 heavy (non-hydrogen) atoms. The van der Waals surface area contributed by atoms with Crippen molar-refractivity contribution in [3.05, 3.63) is 220 Å². The Kier molecular flexibility index (Phi) is 12.3. The minimum absolute atomic E-state index is 0.0185. The molecule has 413 valence electrons. The predicted molar refractivity (Wildman–Crippen MR) is 365 cm³/mol. The van der Waals surface area contributed by atoms with Crippen molar-refractivity contribution < 1.29 is 0 Å². The second-order valence-corrected chi connectivity index (χ2v) is 31.0.